The summed E-state index contributed by atoms with van der Waals surface area (Å²) in [4.78, 5) is 47.1. The average molecular weight is 609 g/mol. The van der Waals surface area contributed by atoms with Gasteiger partial charge in [0, 0.05) is 12.1 Å². The average Bonchev–Trinajstić information content (AvgIpc) is 3.57. The van der Waals surface area contributed by atoms with Crippen LogP contribution in [0, 0.1) is 17.3 Å². The van der Waals surface area contributed by atoms with Gasteiger partial charge in [0.25, 0.3) is 0 Å². The van der Waals surface area contributed by atoms with Gasteiger partial charge < -0.3 is 24.4 Å². The Morgan fingerprint density at radius 2 is 1.84 bits per heavy atom. The molecule has 1 aromatic carbocycles. The Bertz CT molecular complexity index is 1240. The van der Waals surface area contributed by atoms with Gasteiger partial charge in [-0.15, -0.1) is 13.2 Å². The van der Waals surface area contributed by atoms with E-state index in [9.17, 15) is 14.7 Å². The van der Waals surface area contributed by atoms with Gasteiger partial charge in [0.1, 0.15) is 17.6 Å². The summed E-state index contributed by atoms with van der Waals surface area (Å²) in [5.41, 5.74) is -2.08. The molecule has 8 nitrogen and oxygen atoms in total. The molecule has 0 saturated carbocycles. The summed E-state index contributed by atoms with van der Waals surface area (Å²) >= 11 is 0. The van der Waals surface area contributed by atoms with Gasteiger partial charge in [-0.2, -0.15) is 0 Å². The molecule has 1 spiro atoms. The van der Waals surface area contributed by atoms with Crippen LogP contribution in [0.3, 0.4) is 0 Å². The monoisotopic (exact) mass is 608 g/mol. The van der Waals surface area contributed by atoms with Crippen LogP contribution in [0.5, 0.6) is 0 Å². The highest BCUT2D eigenvalue weighted by molar-refractivity contribution is 5.99. The van der Waals surface area contributed by atoms with E-state index in [2.05, 4.69) is 33.9 Å². The van der Waals surface area contributed by atoms with E-state index in [-0.39, 0.29) is 37.0 Å². The van der Waals surface area contributed by atoms with Gasteiger partial charge in [0.15, 0.2) is 0 Å². The summed E-state index contributed by atoms with van der Waals surface area (Å²) in [6, 6.07) is 7.44. The summed E-state index contributed by atoms with van der Waals surface area (Å²) in [5.74, 6) is -2.80. The third-order valence-corrected chi connectivity index (χ3v) is 9.87. The molecule has 3 fully saturated rings. The van der Waals surface area contributed by atoms with Crippen LogP contribution in [-0.2, 0) is 23.9 Å². The molecular formula is C36H52N2O6. The van der Waals surface area contributed by atoms with Crippen molar-refractivity contribution in [3.8, 4) is 0 Å². The van der Waals surface area contributed by atoms with Crippen molar-refractivity contribution >= 4 is 17.8 Å². The SMILES string of the molecule is C=CCCCOC(=O)[C@H]1[C@H]2C(=O)N([C@H](CO)c3ccccc3)C(C(=O)N(CC=C)C(C)(C)CC(C)(C)C)C23CC[C@]1(CC)O3. The lowest BCUT2D eigenvalue weighted by molar-refractivity contribution is -0.165. The summed E-state index contributed by atoms with van der Waals surface area (Å²) in [7, 11) is 0. The molecule has 44 heavy (non-hydrogen) atoms. The maximum absolute atomic E-state index is 15.1. The molecule has 1 aromatic rings. The van der Waals surface area contributed by atoms with E-state index in [0.717, 1.165) is 0 Å². The quantitative estimate of drug-likeness (QED) is 0.168. The number of hydrogen-bond donors (Lipinski definition) is 1. The van der Waals surface area contributed by atoms with E-state index in [0.29, 0.717) is 44.1 Å². The Morgan fingerprint density at radius 1 is 1.16 bits per heavy atom. The van der Waals surface area contributed by atoms with Crippen molar-refractivity contribution in [2.75, 3.05) is 19.8 Å². The van der Waals surface area contributed by atoms with Crippen molar-refractivity contribution in [2.45, 2.75) is 109 Å². The van der Waals surface area contributed by atoms with Crippen LogP contribution in [0.15, 0.2) is 55.6 Å². The second kappa shape index (κ2) is 12.8. The zero-order valence-corrected chi connectivity index (χ0v) is 27.5. The number of likely N-dealkylation sites (tertiary alicyclic amines) is 1. The number of fused-ring (bicyclic) bond motifs is 1. The topological polar surface area (TPSA) is 96.4 Å². The van der Waals surface area contributed by atoms with Crippen molar-refractivity contribution in [2.24, 2.45) is 17.3 Å². The maximum atomic E-state index is 15.1. The molecule has 0 aliphatic carbocycles. The van der Waals surface area contributed by atoms with E-state index in [4.69, 9.17) is 9.47 Å². The van der Waals surface area contributed by atoms with E-state index in [1.165, 1.54) is 4.90 Å². The summed E-state index contributed by atoms with van der Waals surface area (Å²) in [6.45, 7) is 20.3. The van der Waals surface area contributed by atoms with Crippen molar-refractivity contribution in [1.82, 2.24) is 9.80 Å². The Morgan fingerprint density at radius 3 is 2.41 bits per heavy atom. The molecule has 3 heterocycles. The molecule has 0 radical (unpaired) electrons. The lowest BCUT2D eigenvalue weighted by Crippen LogP contribution is -2.61. The minimum Gasteiger partial charge on any atom is -0.465 e. The molecule has 6 atom stereocenters. The number of benzene rings is 1. The molecule has 2 unspecified atom stereocenters. The molecular weight excluding hydrogens is 556 g/mol. The summed E-state index contributed by atoms with van der Waals surface area (Å²) in [5, 5.41) is 10.8. The van der Waals surface area contributed by atoms with Crippen LogP contribution in [0.25, 0.3) is 0 Å². The first-order chi connectivity index (χ1) is 20.7. The second-order valence-electron chi connectivity index (χ2n) is 14.6. The molecule has 8 heteroatoms. The first-order valence-corrected chi connectivity index (χ1v) is 16.1. The number of hydrogen-bond acceptors (Lipinski definition) is 6. The number of amides is 2. The number of esters is 1. The van der Waals surface area contributed by atoms with Crippen LogP contribution in [0.4, 0.5) is 0 Å². The van der Waals surface area contributed by atoms with Gasteiger partial charge >= 0.3 is 5.97 Å². The molecule has 3 aliphatic rings. The van der Waals surface area contributed by atoms with Crippen molar-refractivity contribution in [3.63, 3.8) is 0 Å². The summed E-state index contributed by atoms with van der Waals surface area (Å²) < 4.78 is 12.7. The zero-order valence-electron chi connectivity index (χ0n) is 27.5. The smallest absolute Gasteiger partial charge is 0.312 e. The normalized spacial score (nSPS) is 28.5. The minimum atomic E-state index is -1.23. The number of unbranched alkanes of at least 4 members (excludes halogenated alkanes) is 1. The molecule has 3 saturated heterocycles. The highest BCUT2D eigenvalue weighted by Gasteiger charge is 2.80. The predicted octanol–water partition coefficient (Wildman–Crippen LogP) is 5.61. The second-order valence-corrected chi connectivity index (χ2v) is 14.6. The molecule has 2 bridgehead atoms. The highest BCUT2D eigenvalue weighted by Crippen LogP contribution is 2.65. The maximum Gasteiger partial charge on any atom is 0.312 e. The highest BCUT2D eigenvalue weighted by atomic mass is 16.6. The number of ether oxygens (including phenoxy) is 2. The molecule has 2 amide bonds. The number of carbonyl (C=O) groups is 3. The third-order valence-electron chi connectivity index (χ3n) is 9.87. The first-order valence-electron chi connectivity index (χ1n) is 16.1. The van der Waals surface area contributed by atoms with E-state index < -0.39 is 46.6 Å². The van der Waals surface area contributed by atoms with Crippen molar-refractivity contribution in [3.05, 3.63) is 61.2 Å². The molecule has 0 aromatic heterocycles. The van der Waals surface area contributed by atoms with Crippen LogP contribution in [-0.4, -0.2) is 75.2 Å². The van der Waals surface area contributed by atoms with Gasteiger partial charge in [-0.3, -0.25) is 14.4 Å². The van der Waals surface area contributed by atoms with Gasteiger partial charge in [0.2, 0.25) is 11.8 Å². The lowest BCUT2D eigenvalue weighted by Gasteiger charge is -2.46. The molecule has 1 N–H and O–H groups in total. The fourth-order valence-electron chi connectivity index (χ4n) is 8.45. The fraction of sp³-hybridized carbons (Fsp3) is 0.639. The van der Waals surface area contributed by atoms with Crippen molar-refractivity contribution in [1.29, 1.82) is 0 Å². The first kappa shape index (κ1) is 33.9. The molecule has 3 aliphatic heterocycles. The molecule has 4 rings (SSSR count). The number of nitrogens with zero attached hydrogens (tertiary/aromatic N) is 2. The van der Waals surface area contributed by atoms with Crippen LogP contribution in [0.2, 0.25) is 0 Å². The van der Waals surface area contributed by atoms with Gasteiger partial charge in [0.05, 0.1) is 30.8 Å². The van der Waals surface area contributed by atoms with Gasteiger partial charge in [-0.05, 0) is 63.4 Å². The number of aliphatic hydroxyl groups excluding tert-OH is 1. The lowest BCUT2D eigenvalue weighted by atomic mass is 9.65. The largest absolute Gasteiger partial charge is 0.465 e. The van der Waals surface area contributed by atoms with Crippen LogP contribution in [0.1, 0.15) is 91.7 Å². The fourth-order valence-corrected chi connectivity index (χ4v) is 8.45. The van der Waals surface area contributed by atoms with Crippen LogP contribution >= 0.6 is 0 Å². The number of carbonyl (C=O) groups excluding carboxylic acids is 3. The predicted molar refractivity (Wildman–Crippen MR) is 170 cm³/mol. The standard InChI is InChI=1S/C36H52N2O6/c1-9-12-16-22-43-32(42)28-27-30(40)38(26(23-39)25-17-14-13-15-18-25)29(36(27)20-19-35(28,11-3)44-36)31(41)37(21-10-2)34(7,8)24-33(4,5)6/h9-10,13-15,17-18,26-29,39H,1-2,11-12,16,19-24H2,3-8H3/t26-,27+,28-,29?,35+,36?/m1/s1. The third kappa shape index (κ3) is 5.87. The number of aliphatic hydroxyl groups is 1. The number of allylic oxidation sites excluding steroid dienone is 1. The van der Waals surface area contributed by atoms with Gasteiger partial charge in [-0.25, -0.2) is 0 Å². The van der Waals surface area contributed by atoms with Crippen LogP contribution < -0.4 is 0 Å². The van der Waals surface area contributed by atoms with Gasteiger partial charge in [-0.1, -0.05) is 70.2 Å². The zero-order chi connectivity index (χ0) is 32.5. The van der Waals surface area contributed by atoms with Crippen molar-refractivity contribution < 1.29 is 29.0 Å². The Balaban J connectivity index is 1.86. The number of rotatable bonds is 14. The van der Waals surface area contributed by atoms with E-state index in [1.807, 2.05) is 56.0 Å². The summed E-state index contributed by atoms with van der Waals surface area (Å²) in [6.07, 6.45) is 7.06. The van der Waals surface area contributed by atoms with E-state index >= 15 is 4.79 Å². The van der Waals surface area contributed by atoms with E-state index in [1.54, 1.807) is 12.2 Å². The Labute approximate surface area is 263 Å². The Kier molecular flexibility index (Phi) is 9.86. The Hall–Kier alpha value is -2.97. The molecule has 242 valence electrons. The minimum absolute atomic E-state index is 0.0814.